The molecule has 0 spiro atoms. The van der Waals surface area contributed by atoms with E-state index in [1.165, 1.54) is 30.6 Å². The van der Waals surface area contributed by atoms with E-state index in [1.807, 2.05) is 13.8 Å². The third-order valence-electron chi connectivity index (χ3n) is 8.30. The summed E-state index contributed by atoms with van der Waals surface area (Å²) in [5, 5.41) is 13.2. The van der Waals surface area contributed by atoms with Crippen molar-refractivity contribution in [2.75, 3.05) is 11.1 Å². The second-order valence-electron chi connectivity index (χ2n) is 14.7. The lowest BCUT2D eigenvalue weighted by atomic mass is 9.97. The SMILES string of the molecule is CC(C)(O[Si](C)(C)C(C)(C)C)c1ncc(-c2cc(NC(CC(C#N)N[S+]([O-])C(C)(C)C)c3c(Br)cccc3OC(F)F)c(N)cc2F)cn1. The van der Waals surface area contributed by atoms with Crippen LogP contribution in [0.25, 0.3) is 11.1 Å². The first kappa shape index (κ1) is 40.6. The molecule has 15 heteroatoms. The van der Waals surface area contributed by atoms with E-state index < -0.39 is 54.5 Å². The van der Waals surface area contributed by atoms with Gasteiger partial charge in [0.2, 0.25) is 0 Å². The normalized spacial score (nSPS) is 14.7. The van der Waals surface area contributed by atoms with E-state index in [2.05, 4.69) is 75.9 Å². The standard InChI is InChI=1S/C34H46BrF3N6O3SSi/c1-32(2,3)48(45)44-21(17-39)14-27(29-23(35)12-11-13-28(29)46-31(37)38)43-26-15-22(24(36)16-25(26)40)20-18-41-30(42-19-20)34(7,8)47-49(9,10)33(4,5)6/h11-13,15-16,18-19,21,27,31,43-44H,14,40H2,1-10H3. The molecule has 3 aromatic rings. The van der Waals surface area contributed by atoms with Crippen LogP contribution in [0.2, 0.25) is 18.1 Å². The number of benzene rings is 2. The summed E-state index contributed by atoms with van der Waals surface area (Å²) < 4.78 is 69.4. The highest BCUT2D eigenvalue weighted by molar-refractivity contribution is 9.10. The van der Waals surface area contributed by atoms with Gasteiger partial charge in [-0.2, -0.15) is 14.0 Å². The van der Waals surface area contributed by atoms with E-state index >= 15 is 4.39 Å². The quantitative estimate of drug-likeness (QED) is 0.0880. The lowest BCUT2D eigenvalue weighted by molar-refractivity contribution is -0.0506. The van der Waals surface area contributed by atoms with Gasteiger partial charge in [-0.3, -0.25) is 0 Å². The number of rotatable bonds is 13. The molecule has 1 aromatic heterocycles. The zero-order chi connectivity index (χ0) is 37.1. The highest BCUT2D eigenvalue weighted by atomic mass is 79.9. The molecule has 0 saturated heterocycles. The van der Waals surface area contributed by atoms with Crippen molar-refractivity contribution in [1.82, 2.24) is 14.7 Å². The summed E-state index contributed by atoms with van der Waals surface area (Å²) in [6, 6.07) is 7.35. The maximum atomic E-state index is 15.5. The summed E-state index contributed by atoms with van der Waals surface area (Å²) in [5.41, 5.74) is 6.51. The first-order valence-corrected chi connectivity index (χ1v) is 20.5. The minimum Gasteiger partial charge on any atom is -0.598 e. The maximum absolute atomic E-state index is 15.5. The molecular weight excluding hydrogens is 737 g/mol. The van der Waals surface area contributed by atoms with E-state index in [9.17, 15) is 18.6 Å². The molecule has 3 unspecified atom stereocenters. The number of aromatic nitrogens is 2. The van der Waals surface area contributed by atoms with E-state index in [-0.39, 0.29) is 39.7 Å². The van der Waals surface area contributed by atoms with E-state index in [0.717, 1.165) is 6.07 Å². The average molecular weight is 784 g/mol. The van der Waals surface area contributed by atoms with Crippen LogP contribution >= 0.6 is 15.9 Å². The van der Waals surface area contributed by atoms with Crippen molar-refractivity contribution >= 4 is 47.0 Å². The Hall–Kier alpha value is -2.87. The number of hydrogen-bond acceptors (Lipinski definition) is 9. The summed E-state index contributed by atoms with van der Waals surface area (Å²) in [6.07, 6.45) is 2.96. The summed E-state index contributed by atoms with van der Waals surface area (Å²) >= 11 is 1.81. The van der Waals surface area contributed by atoms with Crippen LogP contribution in [0.3, 0.4) is 0 Å². The maximum Gasteiger partial charge on any atom is 0.387 e. The molecule has 0 aliphatic heterocycles. The Morgan fingerprint density at radius 3 is 2.22 bits per heavy atom. The van der Waals surface area contributed by atoms with E-state index in [0.29, 0.717) is 15.9 Å². The fourth-order valence-electron chi connectivity index (χ4n) is 4.71. The van der Waals surface area contributed by atoms with Crippen molar-refractivity contribution < 1.29 is 26.9 Å². The first-order valence-electron chi connectivity index (χ1n) is 15.7. The van der Waals surface area contributed by atoms with Crippen molar-refractivity contribution in [3.63, 3.8) is 0 Å². The van der Waals surface area contributed by atoms with Gasteiger partial charge in [-0.15, -0.1) is 4.72 Å². The molecule has 49 heavy (non-hydrogen) atoms. The molecule has 3 atom stereocenters. The van der Waals surface area contributed by atoms with Crippen LogP contribution in [0.5, 0.6) is 5.75 Å². The number of nitriles is 1. The van der Waals surface area contributed by atoms with Crippen LogP contribution in [-0.2, 0) is 21.4 Å². The molecule has 0 radical (unpaired) electrons. The Kier molecular flexibility index (Phi) is 12.9. The lowest BCUT2D eigenvalue weighted by Crippen LogP contribution is -2.46. The molecule has 0 aliphatic rings. The topological polar surface area (TPSA) is 141 Å². The number of anilines is 2. The van der Waals surface area contributed by atoms with Crippen LogP contribution in [0.1, 0.15) is 79.2 Å². The Bertz CT molecular complexity index is 1650. The number of nitrogens with one attached hydrogen (secondary N) is 2. The highest BCUT2D eigenvalue weighted by Crippen LogP contribution is 2.42. The van der Waals surface area contributed by atoms with Gasteiger partial charge < -0.3 is 24.8 Å². The number of hydrogen-bond donors (Lipinski definition) is 3. The highest BCUT2D eigenvalue weighted by Gasteiger charge is 2.43. The van der Waals surface area contributed by atoms with Gasteiger partial charge in [0.15, 0.2) is 14.1 Å². The lowest BCUT2D eigenvalue weighted by Gasteiger charge is -2.42. The van der Waals surface area contributed by atoms with Gasteiger partial charge in [-0.25, -0.2) is 14.4 Å². The second-order valence-corrected chi connectivity index (χ2v) is 22.3. The average Bonchev–Trinajstić information content (AvgIpc) is 2.96. The Balaban J connectivity index is 2.06. The number of nitrogens with zero attached hydrogens (tertiary/aromatic N) is 3. The number of ether oxygens (including phenoxy) is 1. The van der Waals surface area contributed by atoms with Gasteiger partial charge in [0.05, 0.1) is 23.5 Å². The minimum absolute atomic E-state index is 0.0239. The third-order valence-corrected chi connectivity index (χ3v) is 15.2. The summed E-state index contributed by atoms with van der Waals surface area (Å²) in [7, 11) is -2.18. The van der Waals surface area contributed by atoms with Gasteiger partial charge >= 0.3 is 6.61 Å². The fraction of sp³-hybridized carbons (Fsp3) is 0.500. The molecule has 0 fully saturated rings. The van der Waals surface area contributed by atoms with Crippen molar-refractivity contribution in [3.8, 4) is 22.9 Å². The number of nitrogens with two attached hydrogens (primary N) is 1. The van der Waals surface area contributed by atoms with Crippen LogP contribution in [0, 0.1) is 17.1 Å². The van der Waals surface area contributed by atoms with Crippen LogP contribution in [0.4, 0.5) is 24.5 Å². The Morgan fingerprint density at radius 1 is 1.08 bits per heavy atom. The molecule has 9 nitrogen and oxygen atoms in total. The van der Waals surface area contributed by atoms with Crippen molar-refractivity contribution in [1.29, 1.82) is 5.26 Å². The molecule has 4 N–H and O–H groups in total. The third kappa shape index (κ3) is 10.3. The molecule has 3 rings (SSSR count). The molecule has 268 valence electrons. The van der Waals surface area contributed by atoms with Crippen LogP contribution in [0.15, 0.2) is 47.2 Å². The van der Waals surface area contributed by atoms with Gasteiger partial charge in [0.25, 0.3) is 0 Å². The predicted octanol–water partition coefficient (Wildman–Crippen LogP) is 8.97. The van der Waals surface area contributed by atoms with Crippen LogP contribution < -0.4 is 20.5 Å². The van der Waals surface area contributed by atoms with Crippen molar-refractivity contribution in [3.05, 3.63) is 64.4 Å². The fourth-order valence-corrected chi connectivity index (χ4v) is 7.77. The Labute approximate surface area is 300 Å². The largest absolute Gasteiger partial charge is 0.598 e. The second kappa shape index (κ2) is 15.6. The van der Waals surface area contributed by atoms with Gasteiger partial charge in [-0.05, 0) is 77.0 Å². The van der Waals surface area contributed by atoms with E-state index in [4.69, 9.17) is 14.9 Å². The predicted molar refractivity (Wildman–Crippen MR) is 195 cm³/mol. The molecule has 1 heterocycles. The van der Waals surface area contributed by atoms with Gasteiger partial charge in [0.1, 0.15) is 28.0 Å². The van der Waals surface area contributed by atoms with E-state index in [1.54, 1.807) is 26.8 Å². The number of halogens is 4. The van der Waals surface area contributed by atoms with Gasteiger partial charge in [-0.1, -0.05) is 42.8 Å². The van der Waals surface area contributed by atoms with Crippen LogP contribution in [-0.4, -0.2) is 40.2 Å². The zero-order valence-corrected chi connectivity index (χ0v) is 32.9. The summed E-state index contributed by atoms with van der Waals surface area (Å²) in [6.45, 7) is 16.7. The van der Waals surface area contributed by atoms with Crippen molar-refractivity contribution in [2.45, 2.75) is 109 Å². The first-order chi connectivity index (χ1) is 22.5. The summed E-state index contributed by atoms with van der Waals surface area (Å²) in [5.74, 6) is -0.339. The summed E-state index contributed by atoms with van der Waals surface area (Å²) in [4.78, 5) is 9.09. The zero-order valence-electron chi connectivity index (χ0n) is 29.5. The smallest absolute Gasteiger partial charge is 0.387 e. The molecule has 2 aromatic carbocycles. The monoisotopic (exact) mass is 782 g/mol. The molecule has 0 aliphatic carbocycles. The molecule has 0 saturated carbocycles. The molecular formula is C34H46BrF3N6O3SSi. The Morgan fingerprint density at radius 2 is 1.69 bits per heavy atom. The van der Waals surface area contributed by atoms with Gasteiger partial charge in [0, 0.05) is 51.3 Å². The molecule has 0 amide bonds. The number of alkyl halides is 2. The number of nitrogen functional groups attached to an aromatic ring is 1. The minimum atomic E-state index is -3.13. The molecule has 0 bridgehead atoms. The van der Waals surface area contributed by atoms with Crippen molar-refractivity contribution in [2.24, 2.45) is 0 Å².